The summed E-state index contributed by atoms with van der Waals surface area (Å²) in [6, 6.07) is 6.65. The quantitative estimate of drug-likeness (QED) is 0.783. The van der Waals surface area contributed by atoms with Crippen molar-refractivity contribution in [3.05, 3.63) is 35.6 Å². The van der Waals surface area contributed by atoms with Gasteiger partial charge in [0.15, 0.2) is 0 Å². The van der Waals surface area contributed by atoms with Crippen molar-refractivity contribution in [2.24, 2.45) is 0 Å². The number of benzene rings is 1. The lowest BCUT2D eigenvalue weighted by Gasteiger charge is -2.21. The lowest BCUT2D eigenvalue weighted by molar-refractivity contribution is 0.229. The fourth-order valence-electron chi connectivity index (χ4n) is 1.57. The van der Waals surface area contributed by atoms with Gasteiger partial charge < -0.3 is 10.4 Å². The monoisotopic (exact) mass is 211 g/mol. The maximum atomic E-state index is 13.4. The zero-order valence-electron chi connectivity index (χ0n) is 9.20. The van der Waals surface area contributed by atoms with Gasteiger partial charge in [-0.25, -0.2) is 4.39 Å². The first-order valence-corrected chi connectivity index (χ1v) is 5.30. The third-order valence-corrected chi connectivity index (χ3v) is 2.57. The van der Waals surface area contributed by atoms with Crippen LogP contribution in [0.25, 0.3) is 0 Å². The lowest BCUT2D eigenvalue weighted by atomic mass is 10.1. The Morgan fingerprint density at radius 3 is 2.60 bits per heavy atom. The zero-order chi connectivity index (χ0) is 11.3. The van der Waals surface area contributed by atoms with Crippen LogP contribution in [0, 0.1) is 5.82 Å². The summed E-state index contributed by atoms with van der Waals surface area (Å²) < 4.78 is 13.4. The Bertz CT molecular complexity index is 299. The number of halogens is 1. The van der Waals surface area contributed by atoms with E-state index in [2.05, 4.69) is 5.32 Å². The summed E-state index contributed by atoms with van der Waals surface area (Å²) in [7, 11) is 0. The van der Waals surface area contributed by atoms with Crippen LogP contribution in [-0.4, -0.2) is 17.8 Å². The second kappa shape index (κ2) is 5.83. The van der Waals surface area contributed by atoms with Crippen LogP contribution in [0.15, 0.2) is 24.3 Å². The Morgan fingerprint density at radius 2 is 2.07 bits per heavy atom. The molecular weight excluding hydrogens is 193 g/mol. The smallest absolute Gasteiger partial charge is 0.127 e. The minimum atomic E-state index is -0.203. The third-order valence-electron chi connectivity index (χ3n) is 2.57. The Balaban J connectivity index is 2.68. The van der Waals surface area contributed by atoms with E-state index in [0.717, 1.165) is 6.42 Å². The average Bonchev–Trinajstić information content (AvgIpc) is 2.26. The Labute approximate surface area is 90.1 Å². The number of aliphatic hydroxyl groups is 1. The van der Waals surface area contributed by atoms with Gasteiger partial charge in [-0.3, -0.25) is 0 Å². The third kappa shape index (κ3) is 3.29. The number of hydrogen-bond donors (Lipinski definition) is 2. The molecule has 0 amide bonds. The van der Waals surface area contributed by atoms with Crippen LogP contribution in [0.2, 0.25) is 0 Å². The van der Waals surface area contributed by atoms with Crippen molar-refractivity contribution < 1.29 is 9.50 Å². The molecule has 2 atom stereocenters. The molecule has 0 aliphatic heterocycles. The Kier molecular flexibility index (Phi) is 4.72. The van der Waals surface area contributed by atoms with E-state index in [-0.39, 0.29) is 24.5 Å². The maximum absolute atomic E-state index is 13.4. The molecule has 0 bridgehead atoms. The van der Waals surface area contributed by atoms with Crippen LogP contribution in [0.5, 0.6) is 0 Å². The topological polar surface area (TPSA) is 32.3 Å². The Morgan fingerprint density at radius 1 is 1.40 bits per heavy atom. The van der Waals surface area contributed by atoms with E-state index in [1.165, 1.54) is 6.07 Å². The molecule has 0 heterocycles. The molecule has 0 aromatic heterocycles. The van der Waals surface area contributed by atoms with Gasteiger partial charge >= 0.3 is 0 Å². The van der Waals surface area contributed by atoms with Gasteiger partial charge in [0.05, 0.1) is 6.61 Å². The van der Waals surface area contributed by atoms with Crippen LogP contribution >= 0.6 is 0 Å². The van der Waals surface area contributed by atoms with Crippen molar-refractivity contribution in [2.45, 2.75) is 32.4 Å². The van der Waals surface area contributed by atoms with E-state index in [1.54, 1.807) is 12.1 Å². The molecule has 1 aromatic carbocycles. The van der Waals surface area contributed by atoms with Gasteiger partial charge in [-0.1, -0.05) is 25.1 Å². The molecule has 2 N–H and O–H groups in total. The van der Waals surface area contributed by atoms with Crippen molar-refractivity contribution in [1.29, 1.82) is 0 Å². The summed E-state index contributed by atoms with van der Waals surface area (Å²) in [6.07, 6.45) is 0.829. The molecule has 0 aliphatic carbocycles. The van der Waals surface area contributed by atoms with E-state index in [1.807, 2.05) is 19.9 Å². The standard InChI is InChI=1S/C12H18FNO/c1-3-10(8-15)14-9(2)11-6-4-5-7-12(11)13/h4-7,9-10,14-15H,3,8H2,1-2H3/t9-,10+/m1/s1. The van der Waals surface area contributed by atoms with E-state index in [9.17, 15) is 4.39 Å². The molecule has 1 aromatic rings. The Hall–Kier alpha value is -0.930. The van der Waals surface area contributed by atoms with Gasteiger partial charge in [0.25, 0.3) is 0 Å². The van der Waals surface area contributed by atoms with E-state index in [0.29, 0.717) is 5.56 Å². The second-order valence-corrected chi connectivity index (χ2v) is 3.70. The van der Waals surface area contributed by atoms with Crippen molar-refractivity contribution in [3.63, 3.8) is 0 Å². The molecule has 1 rings (SSSR count). The first kappa shape index (κ1) is 12.1. The van der Waals surface area contributed by atoms with Gasteiger partial charge in [-0.05, 0) is 19.4 Å². The summed E-state index contributed by atoms with van der Waals surface area (Å²) in [5, 5.41) is 12.2. The molecule has 0 fully saturated rings. The predicted octanol–water partition coefficient (Wildman–Crippen LogP) is 2.25. The van der Waals surface area contributed by atoms with Crippen LogP contribution in [0.3, 0.4) is 0 Å². The normalized spacial score (nSPS) is 14.9. The van der Waals surface area contributed by atoms with E-state index >= 15 is 0 Å². The summed E-state index contributed by atoms with van der Waals surface area (Å²) in [5.74, 6) is -0.203. The number of hydrogen-bond acceptors (Lipinski definition) is 2. The minimum absolute atomic E-state index is 0.0274. The highest BCUT2D eigenvalue weighted by molar-refractivity contribution is 5.20. The van der Waals surface area contributed by atoms with Gasteiger partial charge in [0.1, 0.15) is 5.82 Å². The van der Waals surface area contributed by atoms with Crippen molar-refractivity contribution in [3.8, 4) is 0 Å². The molecule has 0 unspecified atom stereocenters. The highest BCUT2D eigenvalue weighted by atomic mass is 19.1. The lowest BCUT2D eigenvalue weighted by Crippen LogP contribution is -2.34. The van der Waals surface area contributed by atoms with Gasteiger partial charge in [-0.15, -0.1) is 0 Å². The van der Waals surface area contributed by atoms with Gasteiger partial charge in [0, 0.05) is 17.6 Å². The molecule has 0 saturated heterocycles. The molecule has 0 saturated carbocycles. The first-order chi connectivity index (χ1) is 7.19. The number of aliphatic hydroxyl groups excluding tert-OH is 1. The summed E-state index contributed by atoms with van der Waals surface area (Å²) in [5.41, 5.74) is 0.643. The van der Waals surface area contributed by atoms with Gasteiger partial charge in [0.2, 0.25) is 0 Å². The first-order valence-electron chi connectivity index (χ1n) is 5.30. The van der Waals surface area contributed by atoms with Crippen LogP contribution < -0.4 is 5.32 Å². The van der Waals surface area contributed by atoms with Gasteiger partial charge in [-0.2, -0.15) is 0 Å². The summed E-state index contributed by atoms with van der Waals surface area (Å²) >= 11 is 0. The molecule has 2 nitrogen and oxygen atoms in total. The van der Waals surface area contributed by atoms with Crippen molar-refractivity contribution in [1.82, 2.24) is 5.32 Å². The average molecular weight is 211 g/mol. The number of nitrogens with one attached hydrogen (secondary N) is 1. The van der Waals surface area contributed by atoms with Crippen molar-refractivity contribution >= 4 is 0 Å². The van der Waals surface area contributed by atoms with Crippen molar-refractivity contribution in [2.75, 3.05) is 6.61 Å². The second-order valence-electron chi connectivity index (χ2n) is 3.70. The summed E-state index contributed by atoms with van der Waals surface area (Å²) in [6.45, 7) is 3.97. The molecule has 84 valence electrons. The fraction of sp³-hybridized carbons (Fsp3) is 0.500. The molecule has 0 radical (unpaired) electrons. The molecule has 3 heteroatoms. The number of rotatable bonds is 5. The highest BCUT2D eigenvalue weighted by Crippen LogP contribution is 2.16. The SMILES string of the molecule is CC[C@@H](CO)N[C@H](C)c1ccccc1F. The molecule has 0 spiro atoms. The minimum Gasteiger partial charge on any atom is -0.395 e. The molecule has 15 heavy (non-hydrogen) atoms. The fourth-order valence-corrected chi connectivity index (χ4v) is 1.57. The van der Waals surface area contributed by atoms with Crippen LogP contribution in [0.4, 0.5) is 4.39 Å². The highest BCUT2D eigenvalue weighted by Gasteiger charge is 2.13. The molecule has 0 aliphatic rings. The largest absolute Gasteiger partial charge is 0.395 e. The molecular formula is C12H18FNO. The van der Waals surface area contributed by atoms with E-state index < -0.39 is 0 Å². The maximum Gasteiger partial charge on any atom is 0.127 e. The predicted molar refractivity (Wildman–Crippen MR) is 59.1 cm³/mol. The zero-order valence-corrected chi connectivity index (χ0v) is 9.20. The van der Waals surface area contributed by atoms with E-state index in [4.69, 9.17) is 5.11 Å². The van der Waals surface area contributed by atoms with Crippen LogP contribution in [-0.2, 0) is 0 Å². The van der Waals surface area contributed by atoms with Crippen LogP contribution in [0.1, 0.15) is 31.9 Å². The summed E-state index contributed by atoms with van der Waals surface area (Å²) in [4.78, 5) is 0.